The van der Waals surface area contributed by atoms with Crippen molar-refractivity contribution < 1.29 is 18.9 Å². The topological polar surface area (TPSA) is 88.9 Å². The van der Waals surface area contributed by atoms with Crippen molar-refractivity contribution in [3.8, 4) is 23.3 Å². The third-order valence-corrected chi connectivity index (χ3v) is 7.10. The third-order valence-electron chi connectivity index (χ3n) is 6.79. The molecule has 1 aliphatic heterocycles. The Morgan fingerprint density at radius 2 is 1.79 bits per heavy atom. The van der Waals surface area contributed by atoms with E-state index in [0.29, 0.717) is 45.8 Å². The van der Waals surface area contributed by atoms with Gasteiger partial charge in [-0.05, 0) is 42.8 Å². The lowest BCUT2D eigenvalue weighted by Gasteiger charge is -2.26. The molecule has 0 amide bonds. The zero-order valence-corrected chi connectivity index (χ0v) is 22.4. The second-order valence-corrected chi connectivity index (χ2v) is 9.45. The van der Waals surface area contributed by atoms with Crippen LogP contribution in [0.4, 0.5) is 11.4 Å². The summed E-state index contributed by atoms with van der Waals surface area (Å²) in [6.07, 6.45) is 1.58. The molecule has 0 bridgehead atoms. The Hall–Kier alpha value is -3.77. The molecule has 5 rings (SSSR count). The molecular formula is C29H29ClN4O4. The van der Waals surface area contributed by atoms with E-state index in [1.54, 1.807) is 20.4 Å². The van der Waals surface area contributed by atoms with Crippen LogP contribution in [-0.4, -0.2) is 63.6 Å². The molecule has 2 heterocycles. The van der Waals surface area contributed by atoms with Crippen molar-refractivity contribution in [2.75, 3.05) is 59.0 Å². The number of methoxy groups -OCH3 is 2. The molecule has 0 radical (unpaired) electrons. The Morgan fingerprint density at radius 1 is 1.05 bits per heavy atom. The number of aromatic nitrogens is 1. The van der Waals surface area contributed by atoms with E-state index in [0.717, 1.165) is 60.1 Å². The molecule has 1 aromatic heterocycles. The summed E-state index contributed by atoms with van der Waals surface area (Å²) >= 11 is 6.55. The molecule has 9 heteroatoms. The first kappa shape index (κ1) is 25.9. The van der Waals surface area contributed by atoms with Gasteiger partial charge in [-0.1, -0.05) is 11.6 Å². The Bertz CT molecular complexity index is 1530. The van der Waals surface area contributed by atoms with Gasteiger partial charge >= 0.3 is 0 Å². The fourth-order valence-electron chi connectivity index (χ4n) is 4.76. The monoisotopic (exact) mass is 532 g/mol. The van der Waals surface area contributed by atoms with Crippen molar-refractivity contribution in [2.24, 2.45) is 0 Å². The molecule has 0 spiro atoms. The number of nitriles is 1. The van der Waals surface area contributed by atoms with Gasteiger partial charge in [0, 0.05) is 48.1 Å². The fraction of sp³-hybridized carbons (Fsp3) is 0.310. The Labute approximate surface area is 226 Å². The van der Waals surface area contributed by atoms with Gasteiger partial charge in [0.05, 0.1) is 54.9 Å². The number of halogens is 1. The van der Waals surface area contributed by atoms with Gasteiger partial charge in [0.1, 0.15) is 18.4 Å². The van der Waals surface area contributed by atoms with E-state index in [4.69, 9.17) is 30.5 Å². The highest BCUT2D eigenvalue weighted by atomic mass is 35.5. The van der Waals surface area contributed by atoms with E-state index < -0.39 is 0 Å². The minimum Gasteiger partial charge on any atom is -0.496 e. The van der Waals surface area contributed by atoms with Crippen molar-refractivity contribution in [1.29, 1.82) is 5.26 Å². The molecule has 1 N–H and O–H groups in total. The molecule has 38 heavy (non-hydrogen) atoms. The van der Waals surface area contributed by atoms with Crippen LogP contribution >= 0.6 is 11.6 Å². The van der Waals surface area contributed by atoms with E-state index in [9.17, 15) is 5.26 Å². The maximum Gasteiger partial charge on any atom is 0.169 e. The van der Waals surface area contributed by atoms with Crippen LogP contribution in [0.2, 0.25) is 5.02 Å². The number of rotatable bonds is 8. The van der Waals surface area contributed by atoms with Crippen LogP contribution in [0.5, 0.6) is 17.2 Å². The van der Waals surface area contributed by atoms with Gasteiger partial charge in [-0.25, -0.2) is 0 Å². The van der Waals surface area contributed by atoms with E-state index in [2.05, 4.69) is 21.3 Å². The summed E-state index contributed by atoms with van der Waals surface area (Å²) in [5.74, 6) is 2.03. The van der Waals surface area contributed by atoms with Gasteiger partial charge in [0.2, 0.25) is 0 Å². The highest BCUT2D eigenvalue weighted by molar-refractivity contribution is 6.33. The van der Waals surface area contributed by atoms with Crippen LogP contribution < -0.4 is 19.5 Å². The first-order chi connectivity index (χ1) is 18.5. The maximum absolute atomic E-state index is 9.86. The summed E-state index contributed by atoms with van der Waals surface area (Å²) in [4.78, 5) is 6.99. The summed E-state index contributed by atoms with van der Waals surface area (Å²) in [5.41, 5.74) is 3.32. The van der Waals surface area contributed by atoms with Crippen molar-refractivity contribution in [1.82, 2.24) is 9.88 Å². The smallest absolute Gasteiger partial charge is 0.169 e. The molecule has 0 atom stereocenters. The largest absolute Gasteiger partial charge is 0.496 e. The minimum atomic E-state index is 0.406. The number of anilines is 2. The van der Waals surface area contributed by atoms with Crippen molar-refractivity contribution in [2.45, 2.75) is 6.92 Å². The third kappa shape index (κ3) is 5.01. The number of pyridine rings is 1. The summed E-state index contributed by atoms with van der Waals surface area (Å²) in [6.45, 7) is 6.55. The minimum absolute atomic E-state index is 0.406. The fourth-order valence-corrected chi connectivity index (χ4v) is 5.02. The van der Waals surface area contributed by atoms with Gasteiger partial charge in [0.25, 0.3) is 0 Å². The van der Waals surface area contributed by atoms with E-state index in [1.807, 2.05) is 43.3 Å². The van der Waals surface area contributed by atoms with Crippen LogP contribution in [0.15, 0.2) is 42.6 Å². The molecule has 1 aliphatic rings. The van der Waals surface area contributed by atoms with Crippen LogP contribution in [-0.2, 0) is 4.74 Å². The highest BCUT2D eigenvalue weighted by Crippen LogP contribution is 2.41. The lowest BCUT2D eigenvalue weighted by atomic mass is 10.0. The molecule has 3 aromatic carbocycles. The molecule has 0 saturated carbocycles. The quantitative estimate of drug-likeness (QED) is 0.289. The number of benzene rings is 3. The number of fused-ring (bicyclic) bond motifs is 3. The summed E-state index contributed by atoms with van der Waals surface area (Å²) < 4.78 is 22.8. The highest BCUT2D eigenvalue weighted by Gasteiger charge is 2.18. The number of nitrogens with one attached hydrogen (secondary N) is 1. The predicted molar refractivity (Wildman–Crippen MR) is 149 cm³/mol. The molecule has 8 nitrogen and oxygen atoms in total. The summed E-state index contributed by atoms with van der Waals surface area (Å²) in [7, 11) is 3.25. The number of morpholine rings is 1. The zero-order valence-electron chi connectivity index (χ0n) is 21.6. The molecule has 0 unspecified atom stereocenters. The van der Waals surface area contributed by atoms with Gasteiger partial charge in [0.15, 0.2) is 11.5 Å². The average molecular weight is 533 g/mol. The number of hydrogen-bond acceptors (Lipinski definition) is 8. The second kappa shape index (κ2) is 11.3. The van der Waals surface area contributed by atoms with Gasteiger partial charge < -0.3 is 24.3 Å². The number of aryl methyl sites for hydroxylation is 1. The molecule has 196 valence electrons. The zero-order chi connectivity index (χ0) is 26.6. The number of ether oxygens (including phenoxy) is 4. The molecular weight excluding hydrogens is 504 g/mol. The van der Waals surface area contributed by atoms with Gasteiger partial charge in [-0.15, -0.1) is 0 Å². The lowest BCUT2D eigenvalue weighted by molar-refractivity contribution is 0.0322. The second-order valence-electron chi connectivity index (χ2n) is 9.04. The van der Waals surface area contributed by atoms with E-state index in [-0.39, 0.29) is 0 Å². The van der Waals surface area contributed by atoms with E-state index >= 15 is 0 Å². The molecule has 0 aliphatic carbocycles. The van der Waals surface area contributed by atoms with Gasteiger partial charge in [-0.3, -0.25) is 9.88 Å². The maximum atomic E-state index is 9.86. The first-order valence-corrected chi connectivity index (χ1v) is 12.8. The summed E-state index contributed by atoms with van der Waals surface area (Å²) in [5, 5.41) is 16.3. The van der Waals surface area contributed by atoms with Crippen LogP contribution in [0.1, 0.15) is 11.1 Å². The van der Waals surface area contributed by atoms with Crippen LogP contribution in [0, 0.1) is 18.3 Å². The van der Waals surface area contributed by atoms with Crippen molar-refractivity contribution in [3.63, 3.8) is 0 Å². The SMILES string of the molecule is COc1cc(Nc2c(C#N)cnc3c2ccc2c(OCCN4CCOCC4)c(OC)ccc23)c(Cl)cc1C. The predicted octanol–water partition coefficient (Wildman–Crippen LogP) is 5.69. The van der Waals surface area contributed by atoms with Crippen molar-refractivity contribution >= 4 is 44.7 Å². The van der Waals surface area contributed by atoms with Crippen molar-refractivity contribution in [3.05, 3.63) is 58.7 Å². The molecule has 1 saturated heterocycles. The van der Waals surface area contributed by atoms with Gasteiger partial charge in [-0.2, -0.15) is 5.26 Å². The van der Waals surface area contributed by atoms with E-state index in [1.165, 1.54) is 0 Å². The van der Waals surface area contributed by atoms with Crippen LogP contribution in [0.3, 0.4) is 0 Å². The Kier molecular flexibility index (Phi) is 7.70. The Balaban J connectivity index is 1.56. The number of hydrogen-bond donors (Lipinski definition) is 1. The lowest BCUT2D eigenvalue weighted by Crippen LogP contribution is -2.38. The number of nitrogens with zero attached hydrogens (tertiary/aromatic N) is 3. The molecule has 4 aromatic rings. The average Bonchev–Trinajstić information content (AvgIpc) is 2.94. The summed E-state index contributed by atoms with van der Waals surface area (Å²) in [6, 6.07) is 13.7. The molecule has 1 fully saturated rings. The first-order valence-electron chi connectivity index (χ1n) is 12.4. The standard InChI is InChI=1S/C29H29ClN4O4/c1-18-14-23(30)24(15-26(18)36-3)33-27-19(16-31)17-32-28-20-6-7-25(35-2)29(21(20)4-5-22(27)28)38-13-10-34-8-11-37-12-9-34/h4-7,14-15,17H,8-13H2,1-3H3,(H,32,33). The Morgan fingerprint density at radius 3 is 2.53 bits per heavy atom. The normalized spacial score (nSPS) is 13.9. The van der Waals surface area contributed by atoms with Crippen LogP contribution in [0.25, 0.3) is 21.7 Å².